The molecule has 1 amide bonds. The molecule has 0 saturated carbocycles. The van der Waals surface area contributed by atoms with Crippen LogP contribution in [-0.4, -0.2) is 27.7 Å². The van der Waals surface area contributed by atoms with Crippen molar-refractivity contribution in [1.82, 2.24) is 14.9 Å². The van der Waals surface area contributed by atoms with Crippen LogP contribution in [0.15, 0.2) is 79.0 Å². The molecule has 1 aliphatic heterocycles. The van der Waals surface area contributed by atoms with Crippen LogP contribution in [0.2, 0.25) is 0 Å². The molecule has 39 heavy (non-hydrogen) atoms. The lowest BCUT2D eigenvalue weighted by molar-refractivity contribution is -0.115. The van der Waals surface area contributed by atoms with Crippen molar-refractivity contribution in [2.75, 3.05) is 17.3 Å². The van der Waals surface area contributed by atoms with Crippen LogP contribution in [0.1, 0.15) is 53.6 Å². The highest BCUT2D eigenvalue weighted by Crippen LogP contribution is 2.44. The average molecular weight is 540 g/mol. The number of rotatable bonds is 8. The fourth-order valence-corrected chi connectivity index (χ4v) is 5.60. The van der Waals surface area contributed by atoms with Gasteiger partial charge in [-0.25, -0.2) is 0 Å². The number of pyridine rings is 1. The van der Waals surface area contributed by atoms with Crippen LogP contribution in [0, 0.1) is 13.8 Å². The van der Waals surface area contributed by atoms with Gasteiger partial charge in [-0.2, -0.15) is 0 Å². The normalized spacial score (nSPS) is 16.7. The molecule has 5 rings (SSSR count). The molecule has 8 heteroatoms. The van der Waals surface area contributed by atoms with E-state index in [1.165, 1.54) is 22.5 Å². The molecule has 2 N–H and O–H groups in total. The summed E-state index contributed by atoms with van der Waals surface area (Å²) in [6.45, 7) is 6.93. The fourth-order valence-electron chi connectivity index (χ4n) is 5.26. The first-order valence-corrected chi connectivity index (χ1v) is 13.5. The third kappa shape index (κ3) is 5.25. The average Bonchev–Trinajstić information content (AvgIpc) is 3.45. The standard InChI is InChI=1S/C31H33N5O2S/c1-5-28(37)33-25-15-14-23(18-27(25)38-4)36-30(29(34-31(36)39)26-13-9-10-16-32-26)24-17-20(2)35(21(24)3)19-22-11-7-6-8-12-22/h6-18,29-30H,5,19H2,1-4H3,(H,33,37)(H,34,39)/t29-,30-/m0/s1. The maximum atomic E-state index is 12.1. The minimum atomic E-state index is -0.158. The number of ether oxygens (including phenoxy) is 1. The van der Waals surface area contributed by atoms with Crippen molar-refractivity contribution in [1.29, 1.82) is 0 Å². The number of hydrogen-bond acceptors (Lipinski definition) is 4. The molecule has 4 aromatic rings. The SMILES string of the molecule is CCC(=O)Nc1ccc(N2C(=S)N[C@@H](c3ccccn3)[C@@H]2c2cc(C)n(Cc3ccccc3)c2C)cc1OC. The molecule has 0 unspecified atom stereocenters. The zero-order chi connectivity index (χ0) is 27.5. The van der Waals surface area contributed by atoms with Crippen LogP contribution in [0.5, 0.6) is 5.75 Å². The summed E-state index contributed by atoms with van der Waals surface area (Å²) in [6.07, 6.45) is 2.20. The van der Waals surface area contributed by atoms with E-state index in [4.69, 9.17) is 17.0 Å². The summed E-state index contributed by atoms with van der Waals surface area (Å²) in [7, 11) is 1.60. The second kappa shape index (κ2) is 11.3. The van der Waals surface area contributed by atoms with Crippen LogP contribution in [0.3, 0.4) is 0 Å². The first-order valence-electron chi connectivity index (χ1n) is 13.1. The van der Waals surface area contributed by atoms with Crippen molar-refractivity contribution in [3.63, 3.8) is 0 Å². The van der Waals surface area contributed by atoms with Gasteiger partial charge in [-0.1, -0.05) is 43.3 Å². The van der Waals surface area contributed by atoms with Crippen LogP contribution < -0.4 is 20.3 Å². The summed E-state index contributed by atoms with van der Waals surface area (Å²) in [5, 5.41) is 7.07. The predicted molar refractivity (Wildman–Crippen MR) is 159 cm³/mol. The molecule has 1 aliphatic rings. The summed E-state index contributed by atoms with van der Waals surface area (Å²) >= 11 is 5.94. The number of amides is 1. The lowest BCUT2D eigenvalue weighted by atomic mass is 9.96. The van der Waals surface area contributed by atoms with Gasteiger partial charge in [0, 0.05) is 42.3 Å². The third-order valence-electron chi connectivity index (χ3n) is 7.27. The summed E-state index contributed by atoms with van der Waals surface area (Å²) in [5.74, 6) is 0.505. The topological polar surface area (TPSA) is 71.4 Å². The number of nitrogens with one attached hydrogen (secondary N) is 2. The number of thiocarbonyl (C=S) groups is 1. The Morgan fingerprint density at radius 1 is 1.08 bits per heavy atom. The molecular weight excluding hydrogens is 506 g/mol. The molecule has 0 aliphatic carbocycles. The molecular formula is C31H33N5O2S. The maximum absolute atomic E-state index is 12.1. The summed E-state index contributed by atoms with van der Waals surface area (Å²) in [6, 6.07) is 24.2. The molecule has 0 spiro atoms. The van der Waals surface area contributed by atoms with Crippen molar-refractivity contribution in [3.8, 4) is 5.75 Å². The Balaban J connectivity index is 1.60. The Kier molecular flexibility index (Phi) is 7.65. The minimum Gasteiger partial charge on any atom is -0.494 e. The minimum absolute atomic E-state index is 0.0710. The second-order valence-corrected chi connectivity index (χ2v) is 10.1. The predicted octanol–water partition coefficient (Wildman–Crippen LogP) is 6.08. The van der Waals surface area contributed by atoms with E-state index in [9.17, 15) is 4.79 Å². The van der Waals surface area contributed by atoms with Gasteiger partial charge in [0.1, 0.15) is 5.75 Å². The highest BCUT2D eigenvalue weighted by Gasteiger charge is 2.42. The van der Waals surface area contributed by atoms with E-state index in [0.717, 1.165) is 17.9 Å². The number of methoxy groups -OCH3 is 1. The highest BCUT2D eigenvalue weighted by molar-refractivity contribution is 7.80. The van der Waals surface area contributed by atoms with Crippen LogP contribution in [-0.2, 0) is 11.3 Å². The third-order valence-corrected chi connectivity index (χ3v) is 7.59. The Hall–Kier alpha value is -4.17. The molecule has 7 nitrogen and oxygen atoms in total. The van der Waals surface area contributed by atoms with Crippen LogP contribution in [0.4, 0.5) is 11.4 Å². The number of aromatic nitrogens is 2. The van der Waals surface area contributed by atoms with E-state index < -0.39 is 0 Å². The summed E-state index contributed by atoms with van der Waals surface area (Å²) in [5.41, 5.74) is 7.20. The molecule has 0 bridgehead atoms. The number of aryl methyl sites for hydroxylation is 1. The molecule has 1 saturated heterocycles. The van der Waals surface area contributed by atoms with Crippen molar-refractivity contribution < 1.29 is 9.53 Å². The van der Waals surface area contributed by atoms with E-state index in [1.54, 1.807) is 7.11 Å². The Bertz CT molecular complexity index is 1490. The zero-order valence-corrected chi connectivity index (χ0v) is 23.5. The number of carbonyl (C=O) groups excluding carboxylic acids is 1. The number of anilines is 2. The molecule has 1 fully saturated rings. The lowest BCUT2D eigenvalue weighted by Crippen LogP contribution is -2.29. The highest BCUT2D eigenvalue weighted by atomic mass is 32.1. The van der Waals surface area contributed by atoms with E-state index in [2.05, 4.69) is 69.3 Å². The second-order valence-electron chi connectivity index (χ2n) is 9.68. The van der Waals surface area contributed by atoms with Gasteiger partial charge in [-0.3, -0.25) is 9.78 Å². The van der Waals surface area contributed by atoms with Gasteiger partial charge >= 0.3 is 0 Å². The maximum Gasteiger partial charge on any atom is 0.224 e. The van der Waals surface area contributed by atoms with E-state index >= 15 is 0 Å². The van der Waals surface area contributed by atoms with Crippen molar-refractivity contribution >= 4 is 34.6 Å². The summed E-state index contributed by atoms with van der Waals surface area (Å²) < 4.78 is 8.02. The number of nitrogens with zero attached hydrogens (tertiary/aromatic N) is 3. The van der Waals surface area contributed by atoms with Gasteiger partial charge in [0.05, 0.1) is 30.6 Å². The van der Waals surface area contributed by atoms with Gasteiger partial charge in [0.25, 0.3) is 0 Å². The number of hydrogen-bond donors (Lipinski definition) is 2. The number of benzene rings is 2. The van der Waals surface area contributed by atoms with Crippen molar-refractivity contribution in [3.05, 3.63) is 107 Å². The van der Waals surface area contributed by atoms with Gasteiger partial charge in [-0.05, 0) is 67.5 Å². The monoisotopic (exact) mass is 539 g/mol. The molecule has 2 atom stereocenters. The molecule has 3 heterocycles. The first kappa shape index (κ1) is 26.4. The molecule has 0 radical (unpaired) electrons. The Morgan fingerprint density at radius 2 is 1.85 bits per heavy atom. The molecule has 2 aromatic carbocycles. The smallest absolute Gasteiger partial charge is 0.224 e. The van der Waals surface area contributed by atoms with Crippen molar-refractivity contribution in [2.45, 2.75) is 45.8 Å². The Labute approximate surface area is 234 Å². The van der Waals surface area contributed by atoms with Gasteiger partial charge < -0.3 is 24.8 Å². The Morgan fingerprint density at radius 3 is 2.54 bits per heavy atom. The molecule has 2 aromatic heterocycles. The van der Waals surface area contributed by atoms with Crippen molar-refractivity contribution in [2.24, 2.45) is 0 Å². The van der Waals surface area contributed by atoms with Crippen LogP contribution >= 0.6 is 12.2 Å². The quantitative estimate of drug-likeness (QED) is 0.264. The fraction of sp³-hybridized carbons (Fsp3) is 0.258. The lowest BCUT2D eigenvalue weighted by Gasteiger charge is -2.29. The molecule has 200 valence electrons. The largest absolute Gasteiger partial charge is 0.494 e. The first-order chi connectivity index (χ1) is 18.9. The van der Waals surface area contributed by atoms with E-state index in [1.807, 2.05) is 55.6 Å². The van der Waals surface area contributed by atoms with E-state index in [-0.39, 0.29) is 18.0 Å². The van der Waals surface area contributed by atoms with Gasteiger partial charge in [0.2, 0.25) is 5.91 Å². The summed E-state index contributed by atoms with van der Waals surface area (Å²) in [4.78, 5) is 18.9. The number of carbonyl (C=O) groups is 1. The van der Waals surface area contributed by atoms with Crippen LogP contribution in [0.25, 0.3) is 0 Å². The van der Waals surface area contributed by atoms with Gasteiger partial charge in [0.15, 0.2) is 5.11 Å². The zero-order valence-electron chi connectivity index (χ0n) is 22.6. The van der Waals surface area contributed by atoms with Gasteiger partial charge in [-0.15, -0.1) is 0 Å². The van der Waals surface area contributed by atoms with E-state index in [0.29, 0.717) is 23.0 Å².